The van der Waals surface area contributed by atoms with E-state index < -0.39 is 0 Å². The second kappa shape index (κ2) is 5.32. The third kappa shape index (κ3) is 2.87. The van der Waals surface area contributed by atoms with Crippen LogP contribution in [0.3, 0.4) is 0 Å². The first kappa shape index (κ1) is 13.4. The number of aryl methyl sites for hydroxylation is 1. The second-order valence-electron chi connectivity index (χ2n) is 3.82. The van der Waals surface area contributed by atoms with Crippen molar-refractivity contribution in [3.63, 3.8) is 0 Å². The lowest BCUT2D eigenvalue weighted by Gasteiger charge is -2.11. The molecule has 18 heavy (non-hydrogen) atoms. The fourth-order valence-corrected chi connectivity index (χ4v) is 2.20. The van der Waals surface area contributed by atoms with E-state index in [1.54, 1.807) is 18.2 Å². The number of halogens is 3. The van der Waals surface area contributed by atoms with Crippen molar-refractivity contribution in [3.05, 3.63) is 50.3 Å². The van der Waals surface area contributed by atoms with E-state index in [1.807, 2.05) is 29.5 Å². The van der Waals surface area contributed by atoms with E-state index in [0.717, 1.165) is 5.56 Å². The van der Waals surface area contributed by atoms with E-state index in [9.17, 15) is 4.39 Å². The van der Waals surface area contributed by atoms with E-state index >= 15 is 0 Å². The predicted octanol–water partition coefficient (Wildman–Crippen LogP) is 4.77. The van der Waals surface area contributed by atoms with Gasteiger partial charge in [-0.15, -0.1) is 0 Å². The average Bonchev–Trinajstić information content (AvgIpc) is 2.29. The quantitative estimate of drug-likeness (QED) is 0.604. The molecule has 0 heterocycles. The van der Waals surface area contributed by atoms with E-state index in [2.05, 4.69) is 0 Å². The van der Waals surface area contributed by atoms with Gasteiger partial charge in [-0.05, 0) is 59.3 Å². The summed E-state index contributed by atoms with van der Waals surface area (Å²) < 4.78 is 19.5. The van der Waals surface area contributed by atoms with Crippen LogP contribution in [-0.2, 0) is 0 Å². The van der Waals surface area contributed by atoms with Crippen molar-refractivity contribution in [2.75, 3.05) is 5.73 Å². The van der Waals surface area contributed by atoms with Crippen molar-refractivity contribution in [2.24, 2.45) is 0 Å². The largest absolute Gasteiger partial charge is 0.455 e. The summed E-state index contributed by atoms with van der Waals surface area (Å²) in [6, 6.07) is 8.04. The zero-order chi connectivity index (χ0) is 13.3. The number of hydrogen-bond acceptors (Lipinski definition) is 2. The molecule has 0 bridgehead atoms. The standard InChI is InChI=1S/C13H10ClFINO/c1-7-4-8(14)2-3-12(7)18-13-5-9(15)10(16)6-11(13)17/h2-6H,17H2,1H3. The fraction of sp³-hybridized carbons (Fsp3) is 0.0769. The lowest BCUT2D eigenvalue weighted by molar-refractivity contribution is 0.475. The highest BCUT2D eigenvalue weighted by molar-refractivity contribution is 14.1. The Bertz CT molecular complexity index is 604. The highest BCUT2D eigenvalue weighted by Crippen LogP contribution is 2.32. The lowest BCUT2D eigenvalue weighted by Crippen LogP contribution is -1.96. The predicted molar refractivity (Wildman–Crippen MR) is 79.8 cm³/mol. The van der Waals surface area contributed by atoms with Gasteiger partial charge in [-0.25, -0.2) is 4.39 Å². The maximum Gasteiger partial charge on any atom is 0.153 e. The van der Waals surface area contributed by atoms with Gasteiger partial charge in [-0.2, -0.15) is 0 Å². The van der Waals surface area contributed by atoms with Crippen LogP contribution < -0.4 is 10.5 Å². The number of anilines is 1. The van der Waals surface area contributed by atoms with E-state index in [-0.39, 0.29) is 5.82 Å². The van der Waals surface area contributed by atoms with Gasteiger partial charge in [0.2, 0.25) is 0 Å². The highest BCUT2D eigenvalue weighted by atomic mass is 127. The van der Waals surface area contributed by atoms with Crippen molar-refractivity contribution in [3.8, 4) is 11.5 Å². The number of nitrogen functional groups attached to an aromatic ring is 1. The Morgan fingerprint density at radius 3 is 2.61 bits per heavy atom. The summed E-state index contributed by atoms with van der Waals surface area (Å²) in [5.74, 6) is 0.552. The number of benzene rings is 2. The minimum absolute atomic E-state index is 0.304. The second-order valence-corrected chi connectivity index (χ2v) is 5.41. The van der Waals surface area contributed by atoms with Gasteiger partial charge < -0.3 is 10.5 Å². The van der Waals surface area contributed by atoms with Gasteiger partial charge in [0.05, 0.1) is 9.26 Å². The summed E-state index contributed by atoms with van der Waals surface area (Å²) in [7, 11) is 0. The molecule has 0 saturated carbocycles. The van der Waals surface area contributed by atoms with Crippen LogP contribution in [0.4, 0.5) is 10.1 Å². The van der Waals surface area contributed by atoms with Gasteiger partial charge in [0.15, 0.2) is 5.75 Å². The average molecular weight is 378 g/mol. The molecule has 0 aliphatic heterocycles. The zero-order valence-electron chi connectivity index (χ0n) is 9.51. The molecule has 0 radical (unpaired) electrons. The van der Waals surface area contributed by atoms with Crippen LogP contribution in [0.15, 0.2) is 30.3 Å². The molecule has 2 N–H and O–H groups in total. The van der Waals surface area contributed by atoms with Crippen LogP contribution in [-0.4, -0.2) is 0 Å². The molecule has 0 saturated heterocycles. The molecule has 2 aromatic rings. The van der Waals surface area contributed by atoms with Gasteiger partial charge in [0, 0.05) is 11.1 Å². The van der Waals surface area contributed by atoms with Gasteiger partial charge >= 0.3 is 0 Å². The summed E-state index contributed by atoms with van der Waals surface area (Å²) in [6.45, 7) is 1.86. The third-order valence-corrected chi connectivity index (χ3v) is 3.47. The van der Waals surface area contributed by atoms with Gasteiger partial charge in [0.1, 0.15) is 11.6 Å². The van der Waals surface area contributed by atoms with Gasteiger partial charge in [-0.1, -0.05) is 11.6 Å². The smallest absolute Gasteiger partial charge is 0.153 e. The molecule has 94 valence electrons. The van der Waals surface area contributed by atoms with Crippen molar-refractivity contribution in [1.29, 1.82) is 0 Å². The highest BCUT2D eigenvalue weighted by Gasteiger charge is 2.09. The number of ether oxygens (including phenoxy) is 1. The fourth-order valence-electron chi connectivity index (χ4n) is 1.48. The first-order valence-electron chi connectivity index (χ1n) is 5.16. The molecule has 0 aromatic heterocycles. The molecule has 0 unspecified atom stereocenters. The minimum atomic E-state index is -0.355. The van der Waals surface area contributed by atoms with Crippen molar-refractivity contribution in [1.82, 2.24) is 0 Å². The molecule has 2 nitrogen and oxygen atoms in total. The molecule has 2 aromatic carbocycles. The van der Waals surface area contributed by atoms with Gasteiger partial charge in [-0.3, -0.25) is 0 Å². The molecular weight excluding hydrogens is 368 g/mol. The maximum absolute atomic E-state index is 13.5. The Kier molecular flexibility index (Phi) is 3.97. The third-order valence-electron chi connectivity index (χ3n) is 2.41. The van der Waals surface area contributed by atoms with Crippen molar-refractivity contribution in [2.45, 2.75) is 6.92 Å². The Balaban J connectivity index is 2.37. The maximum atomic E-state index is 13.5. The Labute approximate surface area is 123 Å². The molecular formula is C13H10ClFINO. The van der Waals surface area contributed by atoms with Crippen molar-refractivity contribution >= 4 is 39.9 Å². The van der Waals surface area contributed by atoms with E-state index in [0.29, 0.717) is 25.8 Å². The van der Waals surface area contributed by atoms with Crippen LogP contribution in [0.25, 0.3) is 0 Å². The molecule has 0 aliphatic carbocycles. The van der Waals surface area contributed by atoms with Crippen LogP contribution in [0.5, 0.6) is 11.5 Å². The van der Waals surface area contributed by atoms with Crippen LogP contribution in [0.1, 0.15) is 5.56 Å². The number of rotatable bonds is 2. The molecule has 0 atom stereocenters. The minimum Gasteiger partial charge on any atom is -0.455 e. The summed E-state index contributed by atoms with van der Waals surface area (Å²) in [5.41, 5.74) is 7.06. The molecule has 0 fully saturated rings. The summed E-state index contributed by atoms with van der Waals surface area (Å²) >= 11 is 7.74. The Hall–Kier alpha value is -1.01. The lowest BCUT2D eigenvalue weighted by atomic mass is 10.2. The zero-order valence-corrected chi connectivity index (χ0v) is 12.4. The van der Waals surface area contributed by atoms with Crippen LogP contribution in [0, 0.1) is 16.3 Å². The molecule has 5 heteroatoms. The first-order valence-corrected chi connectivity index (χ1v) is 6.61. The molecule has 0 spiro atoms. The Morgan fingerprint density at radius 1 is 1.22 bits per heavy atom. The number of nitrogens with two attached hydrogens (primary N) is 1. The molecule has 0 amide bonds. The van der Waals surface area contributed by atoms with Crippen LogP contribution in [0.2, 0.25) is 5.02 Å². The first-order chi connectivity index (χ1) is 8.47. The van der Waals surface area contributed by atoms with E-state index in [4.69, 9.17) is 22.1 Å². The SMILES string of the molecule is Cc1cc(Cl)ccc1Oc1cc(F)c(I)cc1N. The topological polar surface area (TPSA) is 35.2 Å². The summed E-state index contributed by atoms with van der Waals surface area (Å²) in [5, 5.41) is 0.626. The monoisotopic (exact) mass is 377 g/mol. The van der Waals surface area contributed by atoms with Crippen molar-refractivity contribution < 1.29 is 9.13 Å². The summed E-state index contributed by atoms with van der Waals surface area (Å²) in [4.78, 5) is 0. The van der Waals surface area contributed by atoms with Gasteiger partial charge in [0.25, 0.3) is 0 Å². The van der Waals surface area contributed by atoms with E-state index in [1.165, 1.54) is 12.1 Å². The normalized spacial score (nSPS) is 10.4. The Morgan fingerprint density at radius 2 is 1.94 bits per heavy atom. The molecule has 0 aliphatic rings. The number of hydrogen-bond donors (Lipinski definition) is 1. The molecule has 2 rings (SSSR count). The summed E-state index contributed by atoms with van der Waals surface area (Å²) in [6.07, 6.45) is 0. The van der Waals surface area contributed by atoms with Crippen LogP contribution >= 0.6 is 34.2 Å².